The Morgan fingerprint density at radius 1 is 1.28 bits per heavy atom. The lowest BCUT2D eigenvalue weighted by atomic mass is 9.82. The summed E-state index contributed by atoms with van der Waals surface area (Å²) in [4.78, 5) is 15.8. The van der Waals surface area contributed by atoms with Crippen molar-refractivity contribution in [1.29, 1.82) is 0 Å². The van der Waals surface area contributed by atoms with Crippen molar-refractivity contribution >= 4 is 11.7 Å². The number of hydrogen-bond donors (Lipinski definition) is 2. The first-order valence-corrected chi connectivity index (χ1v) is 6.17. The van der Waals surface area contributed by atoms with E-state index in [9.17, 15) is 4.79 Å². The number of aromatic nitrogens is 1. The Labute approximate surface area is 109 Å². The molecular formula is C14H23N3O. The normalized spacial score (nSPS) is 12.1. The van der Waals surface area contributed by atoms with Gasteiger partial charge < -0.3 is 10.6 Å². The lowest BCUT2D eigenvalue weighted by Gasteiger charge is -2.33. The fraction of sp³-hybridized carbons (Fsp3) is 0.571. The zero-order chi connectivity index (χ0) is 13.8. The molecule has 0 fully saturated rings. The highest BCUT2D eigenvalue weighted by atomic mass is 16.2. The number of anilines is 1. The number of rotatable bonds is 3. The van der Waals surface area contributed by atoms with Gasteiger partial charge in [0.2, 0.25) is 0 Å². The lowest BCUT2D eigenvalue weighted by molar-refractivity contribution is 0.220. The van der Waals surface area contributed by atoms with Gasteiger partial charge in [-0.25, -0.2) is 4.79 Å². The Morgan fingerprint density at radius 2 is 1.94 bits per heavy atom. The van der Waals surface area contributed by atoms with E-state index in [0.29, 0.717) is 5.69 Å². The van der Waals surface area contributed by atoms with Gasteiger partial charge >= 0.3 is 6.03 Å². The van der Waals surface area contributed by atoms with Gasteiger partial charge in [0.1, 0.15) is 0 Å². The topological polar surface area (TPSA) is 54.0 Å². The number of urea groups is 1. The van der Waals surface area contributed by atoms with Crippen LogP contribution in [0.2, 0.25) is 0 Å². The molecule has 0 aromatic carbocycles. The number of amides is 2. The number of nitrogens with one attached hydrogen (secondary N) is 2. The van der Waals surface area contributed by atoms with Crippen LogP contribution in [0.25, 0.3) is 0 Å². The summed E-state index contributed by atoms with van der Waals surface area (Å²) in [6.07, 6.45) is 4.20. The van der Waals surface area contributed by atoms with Crippen LogP contribution < -0.4 is 10.6 Å². The minimum absolute atomic E-state index is 0.172. The molecule has 4 heteroatoms. The van der Waals surface area contributed by atoms with Crippen LogP contribution in [-0.2, 0) is 0 Å². The number of hydrogen-bond acceptors (Lipinski definition) is 2. The van der Waals surface area contributed by atoms with Crippen molar-refractivity contribution in [1.82, 2.24) is 10.3 Å². The predicted molar refractivity (Wildman–Crippen MR) is 74.5 cm³/mol. The fourth-order valence-electron chi connectivity index (χ4n) is 2.28. The van der Waals surface area contributed by atoms with E-state index in [4.69, 9.17) is 0 Å². The molecule has 1 heterocycles. The van der Waals surface area contributed by atoms with Gasteiger partial charge in [0.05, 0.1) is 11.9 Å². The molecule has 2 N–H and O–H groups in total. The Kier molecular flexibility index (Phi) is 4.33. The van der Waals surface area contributed by atoms with E-state index in [2.05, 4.69) is 36.4 Å². The molecular weight excluding hydrogens is 226 g/mol. The number of pyridine rings is 1. The van der Waals surface area contributed by atoms with Gasteiger partial charge in [-0.3, -0.25) is 4.98 Å². The predicted octanol–water partition coefficient (Wildman–Crippen LogP) is 3.42. The van der Waals surface area contributed by atoms with Crippen LogP contribution in [0.4, 0.5) is 10.5 Å². The lowest BCUT2D eigenvalue weighted by Crippen LogP contribution is -2.47. The molecule has 4 nitrogen and oxygen atoms in total. The molecule has 0 aliphatic heterocycles. The third-order valence-corrected chi connectivity index (χ3v) is 2.34. The Morgan fingerprint density at radius 3 is 2.44 bits per heavy atom. The molecule has 1 rings (SSSR count). The van der Waals surface area contributed by atoms with Crippen LogP contribution in [0, 0.1) is 5.41 Å². The van der Waals surface area contributed by atoms with E-state index in [1.165, 1.54) is 0 Å². The molecule has 0 radical (unpaired) electrons. The van der Waals surface area contributed by atoms with E-state index in [0.717, 1.165) is 6.42 Å². The fourth-order valence-corrected chi connectivity index (χ4v) is 2.28. The summed E-state index contributed by atoms with van der Waals surface area (Å²) in [6, 6.07) is 3.40. The second kappa shape index (κ2) is 5.38. The summed E-state index contributed by atoms with van der Waals surface area (Å²) < 4.78 is 0. The first-order valence-electron chi connectivity index (χ1n) is 6.17. The minimum Gasteiger partial charge on any atom is -0.333 e. The van der Waals surface area contributed by atoms with Crippen LogP contribution in [-0.4, -0.2) is 16.6 Å². The van der Waals surface area contributed by atoms with Crippen LogP contribution in [0.15, 0.2) is 24.5 Å². The molecule has 0 unspecified atom stereocenters. The van der Waals surface area contributed by atoms with Crippen LogP contribution in [0.3, 0.4) is 0 Å². The average molecular weight is 249 g/mol. The Hall–Kier alpha value is -1.58. The van der Waals surface area contributed by atoms with Gasteiger partial charge in [-0.05, 0) is 37.8 Å². The summed E-state index contributed by atoms with van der Waals surface area (Å²) >= 11 is 0. The van der Waals surface area contributed by atoms with Crippen molar-refractivity contribution in [2.24, 2.45) is 5.41 Å². The van der Waals surface area contributed by atoms with Crippen molar-refractivity contribution < 1.29 is 4.79 Å². The second-order valence-electron chi connectivity index (χ2n) is 6.44. The first-order chi connectivity index (χ1) is 8.18. The molecule has 0 aliphatic carbocycles. The molecule has 2 amide bonds. The highest BCUT2D eigenvalue weighted by Crippen LogP contribution is 2.26. The molecule has 0 saturated carbocycles. The first kappa shape index (κ1) is 14.5. The maximum Gasteiger partial charge on any atom is 0.319 e. The highest BCUT2D eigenvalue weighted by Gasteiger charge is 2.26. The van der Waals surface area contributed by atoms with Crippen LogP contribution >= 0.6 is 0 Å². The monoisotopic (exact) mass is 249 g/mol. The van der Waals surface area contributed by atoms with Gasteiger partial charge in [-0.2, -0.15) is 0 Å². The molecule has 0 aliphatic rings. The summed E-state index contributed by atoms with van der Waals surface area (Å²) in [5.41, 5.74) is 0.622. The molecule has 18 heavy (non-hydrogen) atoms. The van der Waals surface area contributed by atoms with Crippen molar-refractivity contribution in [3.05, 3.63) is 24.5 Å². The van der Waals surface area contributed by atoms with E-state index in [1.54, 1.807) is 18.5 Å². The summed E-state index contributed by atoms with van der Waals surface area (Å²) in [5, 5.41) is 5.75. The van der Waals surface area contributed by atoms with Crippen molar-refractivity contribution in [2.45, 2.75) is 46.6 Å². The quantitative estimate of drug-likeness (QED) is 0.862. The Balaban J connectivity index is 2.54. The van der Waals surface area contributed by atoms with E-state index < -0.39 is 0 Å². The van der Waals surface area contributed by atoms with E-state index in [-0.39, 0.29) is 17.0 Å². The average Bonchev–Trinajstić information content (AvgIpc) is 2.13. The largest absolute Gasteiger partial charge is 0.333 e. The zero-order valence-electron chi connectivity index (χ0n) is 11.9. The zero-order valence-corrected chi connectivity index (χ0v) is 11.9. The maximum absolute atomic E-state index is 11.9. The van der Waals surface area contributed by atoms with Gasteiger partial charge in [-0.15, -0.1) is 0 Å². The van der Waals surface area contributed by atoms with Crippen molar-refractivity contribution in [3.8, 4) is 0 Å². The Bertz CT molecular complexity index is 393. The summed E-state index contributed by atoms with van der Waals surface area (Å²) in [7, 11) is 0. The second-order valence-corrected chi connectivity index (χ2v) is 6.44. The number of nitrogens with zero attached hydrogens (tertiary/aromatic N) is 1. The minimum atomic E-state index is -0.245. The van der Waals surface area contributed by atoms with Gasteiger partial charge in [0.25, 0.3) is 0 Å². The molecule has 100 valence electrons. The van der Waals surface area contributed by atoms with Crippen LogP contribution in [0.5, 0.6) is 0 Å². The number of carbonyl (C=O) groups excluding carboxylic acids is 1. The smallest absolute Gasteiger partial charge is 0.319 e. The standard InChI is InChI=1S/C14H23N3O/c1-13(2,3)10-14(4,5)17-12(18)16-11-7-6-8-15-9-11/h6-9H,10H2,1-5H3,(H2,16,17,18). The maximum atomic E-state index is 11.9. The third kappa shape index (κ3) is 5.66. The van der Waals surface area contributed by atoms with Gasteiger partial charge in [0.15, 0.2) is 0 Å². The molecule has 1 aromatic heterocycles. The van der Waals surface area contributed by atoms with Gasteiger partial charge in [0, 0.05) is 11.7 Å². The van der Waals surface area contributed by atoms with Crippen molar-refractivity contribution in [3.63, 3.8) is 0 Å². The molecule has 0 bridgehead atoms. The molecule has 0 saturated heterocycles. The SMILES string of the molecule is CC(C)(C)CC(C)(C)NC(=O)Nc1cccnc1. The number of carbonyl (C=O) groups is 1. The summed E-state index contributed by atoms with van der Waals surface area (Å²) in [6.45, 7) is 10.5. The van der Waals surface area contributed by atoms with E-state index in [1.807, 2.05) is 19.9 Å². The van der Waals surface area contributed by atoms with Crippen molar-refractivity contribution in [2.75, 3.05) is 5.32 Å². The third-order valence-electron chi connectivity index (χ3n) is 2.34. The summed E-state index contributed by atoms with van der Waals surface area (Å²) in [5.74, 6) is 0. The molecule has 1 aromatic rings. The van der Waals surface area contributed by atoms with Gasteiger partial charge in [-0.1, -0.05) is 20.8 Å². The molecule has 0 spiro atoms. The molecule has 0 atom stereocenters. The highest BCUT2D eigenvalue weighted by molar-refractivity contribution is 5.89. The van der Waals surface area contributed by atoms with E-state index >= 15 is 0 Å². The van der Waals surface area contributed by atoms with Crippen LogP contribution in [0.1, 0.15) is 41.0 Å².